The molecule has 0 spiro atoms. The van der Waals surface area contributed by atoms with Crippen LogP contribution in [-0.2, 0) is 11.8 Å². The number of carbonyl (C=O) groups excluding carboxylic acids is 1. The quantitative estimate of drug-likeness (QED) is 0.843. The molecule has 18 heavy (non-hydrogen) atoms. The van der Waals surface area contributed by atoms with E-state index in [1.165, 1.54) is 30.3 Å². The molecule has 0 aliphatic rings. The molecule has 0 bridgehead atoms. The van der Waals surface area contributed by atoms with E-state index < -0.39 is 0 Å². The summed E-state index contributed by atoms with van der Waals surface area (Å²) in [5, 5.41) is 6.61. The summed E-state index contributed by atoms with van der Waals surface area (Å²) in [5.41, 5.74) is 1.39. The van der Waals surface area contributed by atoms with Crippen LogP contribution in [0.3, 0.4) is 0 Å². The van der Waals surface area contributed by atoms with Crippen molar-refractivity contribution in [2.45, 2.75) is 0 Å². The van der Waals surface area contributed by atoms with Crippen molar-refractivity contribution in [2.75, 3.05) is 5.32 Å². The number of anilines is 1. The minimum Gasteiger partial charge on any atom is -0.323 e. The molecular weight excluding hydrogens is 233 g/mol. The van der Waals surface area contributed by atoms with Crippen LogP contribution in [0, 0.1) is 5.82 Å². The lowest BCUT2D eigenvalue weighted by Crippen LogP contribution is -2.07. The highest BCUT2D eigenvalue weighted by Crippen LogP contribution is 2.08. The first-order valence-corrected chi connectivity index (χ1v) is 5.37. The van der Waals surface area contributed by atoms with Crippen LogP contribution in [-0.4, -0.2) is 15.7 Å². The highest BCUT2D eigenvalue weighted by Gasteiger charge is 1.98. The van der Waals surface area contributed by atoms with Gasteiger partial charge in [0.05, 0.1) is 6.20 Å². The Bertz CT molecular complexity index is 572. The van der Waals surface area contributed by atoms with E-state index in [1.54, 1.807) is 30.2 Å². The van der Waals surface area contributed by atoms with Crippen molar-refractivity contribution < 1.29 is 9.18 Å². The zero-order chi connectivity index (χ0) is 13.0. The summed E-state index contributed by atoms with van der Waals surface area (Å²) in [6, 6.07) is 5.59. The van der Waals surface area contributed by atoms with Crippen LogP contribution < -0.4 is 5.32 Å². The second-order valence-corrected chi connectivity index (χ2v) is 3.78. The summed E-state index contributed by atoms with van der Waals surface area (Å²) in [5.74, 6) is -0.607. The van der Waals surface area contributed by atoms with E-state index in [-0.39, 0.29) is 11.7 Å². The number of carbonyl (C=O) groups is 1. The van der Waals surface area contributed by atoms with Gasteiger partial charge in [-0.15, -0.1) is 0 Å². The van der Waals surface area contributed by atoms with E-state index in [1.807, 2.05) is 0 Å². The normalized spacial score (nSPS) is 10.8. The molecule has 5 heteroatoms. The van der Waals surface area contributed by atoms with Gasteiger partial charge in [-0.25, -0.2) is 4.39 Å². The number of hydrogen-bond donors (Lipinski definition) is 1. The first kappa shape index (κ1) is 12.0. The predicted molar refractivity (Wildman–Crippen MR) is 67.3 cm³/mol. The molecule has 0 unspecified atom stereocenters. The molecule has 4 nitrogen and oxygen atoms in total. The minimum absolute atomic E-state index is 0.273. The Kier molecular flexibility index (Phi) is 3.52. The Labute approximate surface area is 104 Å². The maximum atomic E-state index is 12.7. The smallest absolute Gasteiger partial charge is 0.248 e. The Morgan fingerprint density at radius 1 is 1.39 bits per heavy atom. The molecule has 0 atom stereocenters. The van der Waals surface area contributed by atoms with Gasteiger partial charge in [0.1, 0.15) is 5.82 Å². The zero-order valence-electron chi connectivity index (χ0n) is 9.80. The van der Waals surface area contributed by atoms with Crippen molar-refractivity contribution in [3.8, 4) is 0 Å². The van der Waals surface area contributed by atoms with Crippen LogP contribution in [0.1, 0.15) is 5.56 Å². The number of aromatic nitrogens is 2. The summed E-state index contributed by atoms with van der Waals surface area (Å²) in [6.07, 6.45) is 6.51. The van der Waals surface area contributed by atoms with Crippen LogP contribution >= 0.6 is 0 Å². The van der Waals surface area contributed by atoms with Crippen LogP contribution in [0.25, 0.3) is 6.08 Å². The maximum absolute atomic E-state index is 12.7. The largest absolute Gasteiger partial charge is 0.323 e. The molecule has 92 valence electrons. The van der Waals surface area contributed by atoms with Crippen molar-refractivity contribution in [3.63, 3.8) is 0 Å². The second kappa shape index (κ2) is 5.27. The number of aryl methyl sites for hydroxylation is 1. The van der Waals surface area contributed by atoms with E-state index in [4.69, 9.17) is 0 Å². The minimum atomic E-state index is -0.334. The fraction of sp³-hybridized carbons (Fsp3) is 0.0769. The topological polar surface area (TPSA) is 46.9 Å². The van der Waals surface area contributed by atoms with E-state index in [0.29, 0.717) is 5.69 Å². The van der Waals surface area contributed by atoms with Gasteiger partial charge in [0.15, 0.2) is 0 Å². The maximum Gasteiger partial charge on any atom is 0.248 e. The van der Waals surface area contributed by atoms with Gasteiger partial charge in [-0.2, -0.15) is 5.10 Å². The number of benzene rings is 1. The van der Waals surface area contributed by atoms with Gasteiger partial charge in [-0.1, -0.05) is 0 Å². The van der Waals surface area contributed by atoms with Gasteiger partial charge >= 0.3 is 0 Å². The van der Waals surface area contributed by atoms with Gasteiger partial charge in [-0.3, -0.25) is 9.48 Å². The van der Waals surface area contributed by atoms with Gasteiger partial charge in [-0.05, 0) is 30.3 Å². The molecule has 0 fully saturated rings. The molecule has 1 aromatic heterocycles. The molecule has 2 aromatic rings. The first-order valence-electron chi connectivity index (χ1n) is 5.37. The SMILES string of the molecule is Cn1cc(/C=C/C(=O)Nc2ccc(F)cc2)cn1. The number of hydrogen-bond acceptors (Lipinski definition) is 2. The van der Waals surface area contributed by atoms with Crippen molar-refractivity contribution in [2.24, 2.45) is 7.05 Å². The van der Waals surface area contributed by atoms with Gasteiger partial charge < -0.3 is 5.32 Å². The molecular formula is C13H12FN3O. The molecule has 1 amide bonds. The third kappa shape index (κ3) is 3.28. The molecule has 2 rings (SSSR count). The average Bonchev–Trinajstić information content (AvgIpc) is 2.76. The number of rotatable bonds is 3. The molecule has 1 N–H and O–H groups in total. The summed E-state index contributed by atoms with van der Waals surface area (Å²) < 4.78 is 14.3. The molecule has 0 aliphatic heterocycles. The highest BCUT2D eigenvalue weighted by atomic mass is 19.1. The van der Waals surface area contributed by atoms with Crippen LogP contribution in [0.2, 0.25) is 0 Å². The molecule has 1 heterocycles. The fourth-order valence-corrected chi connectivity index (χ4v) is 1.42. The lowest BCUT2D eigenvalue weighted by atomic mass is 10.3. The van der Waals surface area contributed by atoms with Gasteiger partial charge in [0.25, 0.3) is 0 Å². The Balaban J connectivity index is 1.96. The van der Waals surface area contributed by atoms with Crippen molar-refractivity contribution in [1.82, 2.24) is 9.78 Å². The molecule has 1 aromatic carbocycles. The number of nitrogens with one attached hydrogen (secondary N) is 1. The van der Waals surface area contributed by atoms with Gasteiger partial charge in [0, 0.05) is 30.6 Å². The summed E-state index contributed by atoms with van der Waals surface area (Å²) in [6.45, 7) is 0. The Morgan fingerprint density at radius 3 is 2.72 bits per heavy atom. The average molecular weight is 245 g/mol. The van der Waals surface area contributed by atoms with E-state index in [0.717, 1.165) is 5.56 Å². The van der Waals surface area contributed by atoms with E-state index in [9.17, 15) is 9.18 Å². The van der Waals surface area contributed by atoms with Crippen LogP contribution in [0.5, 0.6) is 0 Å². The standard InChI is InChI=1S/C13H12FN3O/c1-17-9-10(8-15-17)2-7-13(18)16-12-5-3-11(14)4-6-12/h2-9H,1H3,(H,16,18)/b7-2+. The van der Waals surface area contributed by atoms with Crippen molar-refractivity contribution >= 4 is 17.7 Å². The summed E-state index contributed by atoms with van der Waals surface area (Å²) >= 11 is 0. The zero-order valence-corrected chi connectivity index (χ0v) is 9.80. The monoisotopic (exact) mass is 245 g/mol. The molecule has 0 aliphatic carbocycles. The first-order chi connectivity index (χ1) is 8.63. The summed E-state index contributed by atoms with van der Waals surface area (Å²) in [4.78, 5) is 11.6. The van der Waals surface area contributed by atoms with E-state index >= 15 is 0 Å². The number of halogens is 1. The molecule has 0 radical (unpaired) electrons. The van der Waals surface area contributed by atoms with Crippen LogP contribution in [0.4, 0.5) is 10.1 Å². The van der Waals surface area contributed by atoms with Crippen molar-refractivity contribution in [1.29, 1.82) is 0 Å². The lowest BCUT2D eigenvalue weighted by molar-refractivity contribution is -0.111. The fourth-order valence-electron chi connectivity index (χ4n) is 1.42. The number of nitrogens with zero attached hydrogens (tertiary/aromatic N) is 2. The predicted octanol–water partition coefficient (Wildman–Crippen LogP) is 2.21. The highest BCUT2D eigenvalue weighted by molar-refractivity contribution is 6.01. The number of amides is 1. The second-order valence-electron chi connectivity index (χ2n) is 3.78. The molecule has 0 saturated heterocycles. The third-order valence-corrected chi connectivity index (χ3v) is 2.26. The Morgan fingerprint density at radius 2 is 2.11 bits per heavy atom. The lowest BCUT2D eigenvalue weighted by Gasteiger charge is -2.00. The van der Waals surface area contributed by atoms with Crippen LogP contribution in [0.15, 0.2) is 42.7 Å². The van der Waals surface area contributed by atoms with Gasteiger partial charge in [0.2, 0.25) is 5.91 Å². The molecule has 0 saturated carbocycles. The third-order valence-electron chi connectivity index (χ3n) is 2.26. The van der Waals surface area contributed by atoms with E-state index in [2.05, 4.69) is 10.4 Å². The van der Waals surface area contributed by atoms with Crippen molar-refractivity contribution in [3.05, 3.63) is 54.1 Å². The summed E-state index contributed by atoms with van der Waals surface area (Å²) in [7, 11) is 1.80. The Hall–Kier alpha value is -2.43.